The van der Waals surface area contributed by atoms with Gasteiger partial charge in [0.1, 0.15) is 0 Å². The summed E-state index contributed by atoms with van der Waals surface area (Å²) in [6.45, 7) is 6.40. The molecular weight excluding hydrogens is 306 g/mol. The van der Waals surface area contributed by atoms with Crippen molar-refractivity contribution in [2.45, 2.75) is 39.2 Å². The van der Waals surface area contributed by atoms with Crippen LogP contribution >= 0.6 is 0 Å². The molecule has 0 aromatic carbocycles. The van der Waals surface area contributed by atoms with E-state index >= 15 is 0 Å². The van der Waals surface area contributed by atoms with Crippen LogP contribution in [0.3, 0.4) is 0 Å². The minimum absolute atomic E-state index is 0.0313. The van der Waals surface area contributed by atoms with Gasteiger partial charge in [-0.1, -0.05) is 6.92 Å². The van der Waals surface area contributed by atoms with Gasteiger partial charge in [0.15, 0.2) is 0 Å². The van der Waals surface area contributed by atoms with E-state index in [-0.39, 0.29) is 24.4 Å². The minimum Gasteiger partial charge on any atom is -0.379 e. The average Bonchev–Trinajstić information content (AvgIpc) is 2.55. The van der Waals surface area contributed by atoms with E-state index in [0.29, 0.717) is 32.8 Å². The number of nitrogens with one attached hydrogen (secondary N) is 1. The maximum absolute atomic E-state index is 12.7. The Morgan fingerprint density at radius 2 is 1.95 bits per heavy atom. The molecule has 22 heavy (non-hydrogen) atoms. The number of hydrogen-bond acceptors (Lipinski definition) is 4. The van der Waals surface area contributed by atoms with Crippen molar-refractivity contribution in [1.82, 2.24) is 13.9 Å². The molecule has 2 fully saturated rings. The van der Waals surface area contributed by atoms with Crippen molar-refractivity contribution in [1.29, 1.82) is 0 Å². The second-order valence-electron chi connectivity index (χ2n) is 6.03. The number of morpholine rings is 1. The van der Waals surface area contributed by atoms with E-state index in [2.05, 4.69) is 5.32 Å². The second kappa shape index (κ2) is 7.72. The van der Waals surface area contributed by atoms with E-state index in [4.69, 9.17) is 4.74 Å². The molecule has 7 nitrogen and oxygen atoms in total. The molecule has 0 bridgehead atoms. The van der Waals surface area contributed by atoms with Gasteiger partial charge in [0.05, 0.1) is 19.1 Å². The van der Waals surface area contributed by atoms with E-state index in [9.17, 15) is 13.2 Å². The lowest BCUT2D eigenvalue weighted by atomic mass is 9.98. The zero-order chi connectivity index (χ0) is 16.2. The van der Waals surface area contributed by atoms with Crippen LogP contribution in [0, 0.1) is 5.92 Å². The SMILES string of the molecule is CCC(C)NC(=O)C1CCCN(S(=O)(=O)N2CCOCC2)C1. The van der Waals surface area contributed by atoms with Crippen molar-refractivity contribution in [3.63, 3.8) is 0 Å². The third-order valence-corrected chi connectivity index (χ3v) is 6.38. The van der Waals surface area contributed by atoms with Crippen molar-refractivity contribution in [3.8, 4) is 0 Å². The molecule has 0 aliphatic carbocycles. The van der Waals surface area contributed by atoms with Crippen LogP contribution in [0.4, 0.5) is 0 Å². The molecule has 2 heterocycles. The minimum atomic E-state index is -3.48. The molecule has 1 N–H and O–H groups in total. The van der Waals surface area contributed by atoms with Crippen molar-refractivity contribution in [2.24, 2.45) is 5.92 Å². The number of hydrogen-bond donors (Lipinski definition) is 1. The lowest BCUT2D eigenvalue weighted by molar-refractivity contribution is -0.126. The summed E-state index contributed by atoms with van der Waals surface area (Å²) in [7, 11) is -3.48. The Labute approximate surface area is 133 Å². The van der Waals surface area contributed by atoms with Gasteiger partial charge in [-0.25, -0.2) is 0 Å². The van der Waals surface area contributed by atoms with E-state index < -0.39 is 10.2 Å². The molecule has 8 heteroatoms. The van der Waals surface area contributed by atoms with Gasteiger partial charge in [-0.05, 0) is 26.2 Å². The summed E-state index contributed by atoms with van der Waals surface area (Å²) in [5.74, 6) is -0.283. The smallest absolute Gasteiger partial charge is 0.282 e. The van der Waals surface area contributed by atoms with Crippen LogP contribution < -0.4 is 5.32 Å². The van der Waals surface area contributed by atoms with E-state index in [1.54, 1.807) is 0 Å². The molecule has 0 aromatic heterocycles. The summed E-state index contributed by atoms with van der Waals surface area (Å²) in [5.41, 5.74) is 0. The monoisotopic (exact) mass is 333 g/mol. The highest BCUT2D eigenvalue weighted by Crippen LogP contribution is 2.22. The summed E-state index contributed by atoms with van der Waals surface area (Å²) < 4.78 is 33.4. The Kier molecular flexibility index (Phi) is 6.19. The first-order valence-corrected chi connectivity index (χ1v) is 9.48. The first-order valence-electron chi connectivity index (χ1n) is 8.08. The Morgan fingerprint density at radius 1 is 1.27 bits per heavy atom. The number of carbonyl (C=O) groups excluding carboxylic acids is 1. The van der Waals surface area contributed by atoms with Gasteiger partial charge in [-0.3, -0.25) is 4.79 Å². The van der Waals surface area contributed by atoms with Gasteiger partial charge in [-0.2, -0.15) is 17.0 Å². The quantitative estimate of drug-likeness (QED) is 0.779. The van der Waals surface area contributed by atoms with Crippen molar-refractivity contribution in [2.75, 3.05) is 39.4 Å². The molecule has 0 radical (unpaired) electrons. The number of ether oxygens (including phenoxy) is 1. The molecule has 0 spiro atoms. The summed E-state index contributed by atoms with van der Waals surface area (Å²) in [6, 6.07) is 0.124. The average molecular weight is 333 g/mol. The maximum Gasteiger partial charge on any atom is 0.282 e. The third-order valence-electron chi connectivity index (χ3n) is 4.38. The molecule has 2 unspecified atom stereocenters. The fraction of sp³-hybridized carbons (Fsp3) is 0.929. The fourth-order valence-electron chi connectivity index (χ4n) is 2.77. The first kappa shape index (κ1) is 17.7. The molecule has 128 valence electrons. The zero-order valence-electron chi connectivity index (χ0n) is 13.5. The first-order chi connectivity index (χ1) is 10.4. The van der Waals surface area contributed by atoms with E-state index in [1.165, 1.54) is 8.61 Å². The summed E-state index contributed by atoms with van der Waals surface area (Å²) in [4.78, 5) is 12.2. The van der Waals surface area contributed by atoms with Gasteiger partial charge in [0.2, 0.25) is 5.91 Å². The molecule has 2 atom stereocenters. The molecule has 0 aromatic rings. The van der Waals surface area contributed by atoms with E-state index in [0.717, 1.165) is 19.3 Å². The molecule has 2 aliphatic rings. The molecule has 2 rings (SSSR count). The van der Waals surface area contributed by atoms with Gasteiger partial charge >= 0.3 is 0 Å². The number of rotatable bonds is 5. The van der Waals surface area contributed by atoms with Gasteiger partial charge < -0.3 is 10.1 Å². The second-order valence-corrected chi connectivity index (χ2v) is 7.96. The van der Waals surface area contributed by atoms with Gasteiger partial charge in [-0.15, -0.1) is 0 Å². The highest BCUT2D eigenvalue weighted by Gasteiger charge is 2.36. The Hall–Kier alpha value is -0.700. The van der Waals surface area contributed by atoms with Crippen LogP contribution in [0.1, 0.15) is 33.1 Å². The Morgan fingerprint density at radius 3 is 2.59 bits per heavy atom. The van der Waals surface area contributed by atoms with Gasteiger partial charge in [0, 0.05) is 32.2 Å². The lowest BCUT2D eigenvalue weighted by Gasteiger charge is -2.36. The van der Waals surface area contributed by atoms with Crippen molar-refractivity contribution in [3.05, 3.63) is 0 Å². The van der Waals surface area contributed by atoms with Crippen molar-refractivity contribution >= 4 is 16.1 Å². The Balaban J connectivity index is 1.98. The molecule has 2 saturated heterocycles. The number of carbonyl (C=O) groups is 1. The van der Waals surface area contributed by atoms with Crippen LogP contribution in [-0.4, -0.2) is 68.4 Å². The van der Waals surface area contributed by atoms with Crippen LogP contribution in [-0.2, 0) is 19.7 Å². The van der Waals surface area contributed by atoms with Crippen molar-refractivity contribution < 1.29 is 17.9 Å². The van der Waals surface area contributed by atoms with Crippen LogP contribution in [0.5, 0.6) is 0 Å². The summed E-state index contributed by atoms with van der Waals surface area (Å²) in [5, 5.41) is 2.96. The van der Waals surface area contributed by atoms with E-state index in [1.807, 2.05) is 13.8 Å². The molecule has 1 amide bonds. The Bertz CT molecular complexity index is 476. The van der Waals surface area contributed by atoms with Crippen LogP contribution in [0.15, 0.2) is 0 Å². The molecule has 0 saturated carbocycles. The number of nitrogens with zero attached hydrogens (tertiary/aromatic N) is 2. The molecular formula is C14H27N3O4S. The number of piperidine rings is 1. The summed E-state index contributed by atoms with van der Waals surface area (Å²) >= 11 is 0. The highest BCUT2D eigenvalue weighted by atomic mass is 32.2. The van der Waals surface area contributed by atoms with Crippen LogP contribution in [0.2, 0.25) is 0 Å². The molecule has 2 aliphatic heterocycles. The predicted octanol–water partition coefficient (Wildman–Crippen LogP) is 0.190. The maximum atomic E-state index is 12.7. The number of amides is 1. The fourth-order valence-corrected chi connectivity index (χ4v) is 4.43. The zero-order valence-corrected chi connectivity index (χ0v) is 14.3. The highest BCUT2D eigenvalue weighted by molar-refractivity contribution is 7.86. The van der Waals surface area contributed by atoms with Gasteiger partial charge in [0.25, 0.3) is 10.2 Å². The van der Waals surface area contributed by atoms with Crippen LogP contribution in [0.25, 0.3) is 0 Å². The third kappa shape index (κ3) is 4.18. The normalized spacial score (nSPS) is 26.5. The lowest BCUT2D eigenvalue weighted by Crippen LogP contribution is -2.53. The topological polar surface area (TPSA) is 79.0 Å². The predicted molar refractivity (Wildman–Crippen MR) is 83.5 cm³/mol. The standard InChI is InChI=1S/C14H27N3O4S/c1-3-12(2)15-14(18)13-5-4-6-17(11-13)22(19,20)16-7-9-21-10-8-16/h12-13H,3-11H2,1-2H3,(H,15,18). The summed E-state index contributed by atoms with van der Waals surface area (Å²) in [6.07, 6.45) is 2.34. The largest absolute Gasteiger partial charge is 0.379 e.